The third-order valence-electron chi connectivity index (χ3n) is 4.25. The van der Waals surface area contributed by atoms with Crippen LogP contribution in [0.5, 0.6) is 0 Å². The van der Waals surface area contributed by atoms with Crippen molar-refractivity contribution in [3.05, 3.63) is 28.9 Å². The van der Waals surface area contributed by atoms with E-state index in [-0.39, 0.29) is 11.8 Å². The molecular formula is C19H26ClN3O3. The van der Waals surface area contributed by atoms with E-state index in [1.807, 2.05) is 0 Å². The second-order valence-corrected chi connectivity index (χ2v) is 6.64. The molecule has 2 rings (SSSR count). The second-order valence-electron chi connectivity index (χ2n) is 6.24. The molecule has 2 N–H and O–H groups in total. The van der Waals surface area contributed by atoms with Crippen LogP contribution in [-0.4, -0.2) is 36.6 Å². The molecule has 0 bridgehead atoms. The first kappa shape index (κ1) is 20.2. The number of hydrogen-bond acceptors (Lipinski definition) is 5. The average molecular weight is 380 g/mol. The summed E-state index contributed by atoms with van der Waals surface area (Å²) in [6.07, 6.45) is 10.1. The molecule has 0 radical (unpaired) electrons. The van der Waals surface area contributed by atoms with Gasteiger partial charge in [-0.15, -0.1) is 0 Å². The molecule has 1 heterocycles. The second kappa shape index (κ2) is 10.8. The van der Waals surface area contributed by atoms with Crippen LogP contribution in [0.3, 0.4) is 0 Å². The van der Waals surface area contributed by atoms with Gasteiger partial charge >= 0.3 is 5.97 Å². The Morgan fingerprint density at radius 3 is 2.77 bits per heavy atom. The van der Waals surface area contributed by atoms with E-state index in [0.717, 1.165) is 25.7 Å². The number of carbonyl (C=O) groups is 2. The Bertz CT molecular complexity index is 643. The number of amides is 1. The van der Waals surface area contributed by atoms with Crippen molar-refractivity contribution in [3.63, 3.8) is 0 Å². The summed E-state index contributed by atoms with van der Waals surface area (Å²) in [6, 6.07) is 1.72. The Hall–Kier alpha value is -2.08. The van der Waals surface area contributed by atoms with Gasteiger partial charge in [-0.2, -0.15) is 0 Å². The predicted octanol–water partition coefficient (Wildman–Crippen LogP) is 3.42. The van der Waals surface area contributed by atoms with Gasteiger partial charge in [0.25, 0.3) is 0 Å². The number of carbonyl (C=O) groups excluding carboxylic acids is 2. The molecule has 0 spiro atoms. The fourth-order valence-electron chi connectivity index (χ4n) is 2.90. The number of pyridine rings is 1. The van der Waals surface area contributed by atoms with Crippen molar-refractivity contribution in [2.24, 2.45) is 5.92 Å². The molecule has 0 atom stereocenters. The maximum absolute atomic E-state index is 12.1. The van der Waals surface area contributed by atoms with E-state index < -0.39 is 5.97 Å². The van der Waals surface area contributed by atoms with E-state index in [1.54, 1.807) is 25.3 Å². The van der Waals surface area contributed by atoms with Crippen molar-refractivity contribution in [3.8, 4) is 0 Å². The highest BCUT2D eigenvalue weighted by Crippen LogP contribution is 2.23. The maximum Gasteiger partial charge on any atom is 0.330 e. The number of nitrogens with one attached hydrogen (secondary N) is 2. The molecule has 1 aliphatic rings. The molecule has 0 aliphatic heterocycles. The Labute approximate surface area is 159 Å². The maximum atomic E-state index is 12.1. The molecule has 1 aromatic heterocycles. The Balaban J connectivity index is 1.75. The van der Waals surface area contributed by atoms with Gasteiger partial charge < -0.3 is 15.4 Å². The summed E-state index contributed by atoms with van der Waals surface area (Å²) in [5.74, 6) is 0.451. The lowest BCUT2D eigenvalue weighted by Crippen LogP contribution is -2.35. The summed E-state index contributed by atoms with van der Waals surface area (Å²) >= 11 is 6.21. The topological polar surface area (TPSA) is 80.3 Å². The quantitative estimate of drug-likeness (QED) is 0.411. The summed E-state index contributed by atoms with van der Waals surface area (Å²) in [5.41, 5.74) is 0.708. The summed E-state index contributed by atoms with van der Waals surface area (Å²) in [5, 5.41) is 6.53. The molecule has 1 aliphatic carbocycles. The van der Waals surface area contributed by atoms with E-state index in [9.17, 15) is 9.59 Å². The number of halogens is 1. The number of anilines is 1. The van der Waals surface area contributed by atoms with Gasteiger partial charge in [0.05, 0.1) is 11.6 Å². The van der Waals surface area contributed by atoms with E-state index in [2.05, 4.69) is 15.6 Å². The zero-order valence-corrected chi connectivity index (χ0v) is 15.8. The van der Waals surface area contributed by atoms with Crippen LogP contribution in [0.4, 0.5) is 5.82 Å². The van der Waals surface area contributed by atoms with Gasteiger partial charge in [0.15, 0.2) is 0 Å². The lowest BCUT2D eigenvalue weighted by Gasteiger charge is -2.20. The largest absolute Gasteiger partial charge is 0.463 e. The first-order chi connectivity index (χ1) is 12.6. The van der Waals surface area contributed by atoms with Gasteiger partial charge in [-0.25, -0.2) is 9.78 Å². The van der Waals surface area contributed by atoms with Crippen LogP contribution in [-0.2, 0) is 14.3 Å². The van der Waals surface area contributed by atoms with Gasteiger partial charge in [-0.05, 0) is 37.5 Å². The molecule has 142 valence electrons. The van der Waals surface area contributed by atoms with Crippen molar-refractivity contribution >= 4 is 35.4 Å². The van der Waals surface area contributed by atoms with Gasteiger partial charge in [-0.3, -0.25) is 4.79 Å². The van der Waals surface area contributed by atoms with E-state index >= 15 is 0 Å². The molecule has 0 unspecified atom stereocenters. The number of rotatable bonds is 8. The molecule has 1 saturated carbocycles. The molecule has 1 fully saturated rings. The van der Waals surface area contributed by atoms with E-state index in [4.69, 9.17) is 16.3 Å². The molecule has 0 saturated heterocycles. The van der Waals surface area contributed by atoms with Crippen LogP contribution in [0.25, 0.3) is 6.08 Å². The SMILES string of the molecule is CCOC(=O)C=Cc1cnc(NCCNC(=O)C2CCCCC2)c(Cl)c1. The Kier molecular flexibility index (Phi) is 8.41. The van der Waals surface area contributed by atoms with Gasteiger partial charge in [0.1, 0.15) is 5.82 Å². The summed E-state index contributed by atoms with van der Waals surface area (Å²) in [7, 11) is 0. The first-order valence-corrected chi connectivity index (χ1v) is 9.50. The van der Waals surface area contributed by atoms with E-state index in [0.29, 0.717) is 36.1 Å². The minimum Gasteiger partial charge on any atom is -0.463 e. The summed E-state index contributed by atoms with van der Waals surface area (Å²) in [4.78, 5) is 27.6. The Morgan fingerprint density at radius 1 is 1.31 bits per heavy atom. The molecule has 6 nitrogen and oxygen atoms in total. The number of hydrogen-bond donors (Lipinski definition) is 2. The standard InChI is InChI=1S/C19H26ClN3O3/c1-2-26-17(24)9-8-14-12-16(20)18(23-13-14)21-10-11-22-19(25)15-6-4-3-5-7-15/h8-9,12-13,15H,2-7,10-11H2,1H3,(H,21,23)(H,22,25). The van der Waals surface area contributed by atoms with Gasteiger partial charge in [0.2, 0.25) is 5.91 Å². The summed E-state index contributed by atoms with van der Waals surface area (Å²) < 4.78 is 4.82. The molecule has 0 aromatic carbocycles. The van der Waals surface area contributed by atoms with Crippen LogP contribution in [0.15, 0.2) is 18.3 Å². The number of esters is 1. The highest BCUT2D eigenvalue weighted by atomic mass is 35.5. The lowest BCUT2D eigenvalue weighted by molar-refractivity contribution is -0.137. The molecular weight excluding hydrogens is 354 g/mol. The van der Waals surface area contributed by atoms with Crippen LogP contribution >= 0.6 is 11.6 Å². The lowest BCUT2D eigenvalue weighted by atomic mass is 9.89. The highest BCUT2D eigenvalue weighted by molar-refractivity contribution is 6.33. The van der Waals surface area contributed by atoms with Crippen LogP contribution in [0, 0.1) is 5.92 Å². The van der Waals surface area contributed by atoms with Crippen molar-refractivity contribution in [2.75, 3.05) is 25.0 Å². The van der Waals surface area contributed by atoms with Crippen LogP contribution in [0.2, 0.25) is 5.02 Å². The highest BCUT2D eigenvalue weighted by Gasteiger charge is 2.20. The zero-order valence-electron chi connectivity index (χ0n) is 15.1. The first-order valence-electron chi connectivity index (χ1n) is 9.12. The zero-order chi connectivity index (χ0) is 18.8. The van der Waals surface area contributed by atoms with Crippen LogP contribution in [0.1, 0.15) is 44.6 Å². The number of ether oxygens (including phenoxy) is 1. The fraction of sp³-hybridized carbons (Fsp3) is 0.526. The van der Waals surface area contributed by atoms with Crippen LogP contribution < -0.4 is 10.6 Å². The van der Waals surface area contributed by atoms with Gasteiger partial charge in [0, 0.05) is 31.3 Å². The summed E-state index contributed by atoms with van der Waals surface area (Å²) in [6.45, 7) is 3.16. The molecule has 7 heteroatoms. The van der Waals surface area contributed by atoms with Crippen molar-refractivity contribution < 1.29 is 14.3 Å². The third kappa shape index (κ3) is 6.67. The fourth-order valence-corrected chi connectivity index (χ4v) is 3.15. The monoisotopic (exact) mass is 379 g/mol. The minimum absolute atomic E-state index is 0.144. The molecule has 1 aromatic rings. The Morgan fingerprint density at radius 2 is 2.08 bits per heavy atom. The number of aromatic nitrogens is 1. The smallest absolute Gasteiger partial charge is 0.330 e. The predicted molar refractivity (Wildman–Crippen MR) is 103 cm³/mol. The van der Waals surface area contributed by atoms with Crippen molar-refractivity contribution in [2.45, 2.75) is 39.0 Å². The molecule has 1 amide bonds. The minimum atomic E-state index is -0.403. The van der Waals surface area contributed by atoms with Gasteiger partial charge in [-0.1, -0.05) is 30.9 Å². The number of nitrogens with zero attached hydrogens (tertiary/aromatic N) is 1. The van der Waals surface area contributed by atoms with Crippen molar-refractivity contribution in [1.82, 2.24) is 10.3 Å². The normalized spacial score (nSPS) is 15.0. The molecule has 26 heavy (non-hydrogen) atoms. The third-order valence-corrected chi connectivity index (χ3v) is 4.54. The van der Waals surface area contributed by atoms with Crippen molar-refractivity contribution in [1.29, 1.82) is 0 Å². The average Bonchev–Trinajstić information content (AvgIpc) is 2.65. The van der Waals surface area contributed by atoms with E-state index in [1.165, 1.54) is 12.5 Å².